The second kappa shape index (κ2) is 2.16. The van der Waals surface area contributed by atoms with E-state index in [0.29, 0.717) is 5.75 Å². The second-order valence-corrected chi connectivity index (χ2v) is 3.03. The average Bonchev–Trinajstić information content (AvgIpc) is 2.34. The Labute approximate surface area is 65.7 Å². The molecule has 0 atom stereocenters. The topological polar surface area (TPSA) is 46.2 Å². The van der Waals surface area contributed by atoms with E-state index in [1.165, 1.54) is 17.5 Å². The number of aromatic hydroxyl groups is 1. The minimum absolute atomic E-state index is 0.295. The summed E-state index contributed by atoms with van der Waals surface area (Å²) >= 11 is 0. The highest BCUT2D eigenvalue weighted by Gasteiger charge is 2.13. The average molecular weight is 149 g/mol. The lowest BCUT2D eigenvalue weighted by Gasteiger charge is -2.03. The number of benzene rings is 1. The van der Waals surface area contributed by atoms with Crippen LogP contribution < -0.4 is 5.73 Å². The zero-order valence-corrected chi connectivity index (χ0v) is 6.30. The van der Waals surface area contributed by atoms with Gasteiger partial charge in [0.25, 0.3) is 0 Å². The quantitative estimate of drug-likeness (QED) is 0.548. The fourth-order valence-corrected chi connectivity index (χ4v) is 1.72. The first kappa shape index (κ1) is 6.53. The van der Waals surface area contributed by atoms with Gasteiger partial charge in [0.15, 0.2) is 0 Å². The molecular weight excluding hydrogens is 138 g/mol. The molecule has 0 amide bonds. The summed E-state index contributed by atoms with van der Waals surface area (Å²) in [7, 11) is 0. The van der Waals surface area contributed by atoms with Crippen LogP contribution in [0.1, 0.15) is 17.5 Å². The van der Waals surface area contributed by atoms with Gasteiger partial charge < -0.3 is 10.8 Å². The fourth-order valence-electron chi connectivity index (χ4n) is 1.72. The zero-order valence-electron chi connectivity index (χ0n) is 6.30. The fraction of sp³-hybridized carbons (Fsp3) is 0.333. The molecule has 0 unspecified atom stereocenters. The minimum atomic E-state index is 0.295. The molecule has 58 valence electrons. The van der Waals surface area contributed by atoms with E-state index < -0.39 is 0 Å². The Morgan fingerprint density at radius 2 is 2.09 bits per heavy atom. The SMILES string of the molecule is Nc1cc(O)cc2c1CCC2. The van der Waals surface area contributed by atoms with E-state index in [9.17, 15) is 5.11 Å². The molecule has 0 spiro atoms. The number of nitrogen functional groups attached to an aromatic ring is 1. The summed E-state index contributed by atoms with van der Waals surface area (Å²) in [5, 5.41) is 9.20. The molecule has 0 aliphatic heterocycles. The van der Waals surface area contributed by atoms with Crippen LogP contribution in [-0.2, 0) is 12.8 Å². The molecule has 0 saturated carbocycles. The third-order valence-electron chi connectivity index (χ3n) is 2.23. The Kier molecular flexibility index (Phi) is 1.28. The van der Waals surface area contributed by atoms with Crippen molar-refractivity contribution in [3.05, 3.63) is 23.3 Å². The van der Waals surface area contributed by atoms with E-state index in [-0.39, 0.29) is 0 Å². The van der Waals surface area contributed by atoms with Crippen LogP contribution in [0, 0.1) is 0 Å². The number of hydrogen-bond acceptors (Lipinski definition) is 2. The highest BCUT2D eigenvalue weighted by molar-refractivity contribution is 5.56. The monoisotopic (exact) mass is 149 g/mol. The van der Waals surface area contributed by atoms with E-state index in [1.807, 2.05) is 6.07 Å². The first-order valence-corrected chi connectivity index (χ1v) is 3.87. The van der Waals surface area contributed by atoms with Crippen LogP contribution in [0.5, 0.6) is 5.75 Å². The van der Waals surface area contributed by atoms with Gasteiger partial charge in [-0.1, -0.05) is 0 Å². The van der Waals surface area contributed by atoms with Crippen LogP contribution in [0.4, 0.5) is 5.69 Å². The van der Waals surface area contributed by atoms with Crippen molar-refractivity contribution in [3.8, 4) is 5.75 Å². The Morgan fingerprint density at radius 1 is 1.27 bits per heavy atom. The molecule has 0 bridgehead atoms. The van der Waals surface area contributed by atoms with Crippen molar-refractivity contribution in [1.29, 1.82) is 0 Å². The first-order valence-electron chi connectivity index (χ1n) is 3.87. The maximum Gasteiger partial charge on any atom is 0.117 e. The van der Waals surface area contributed by atoms with Crippen molar-refractivity contribution in [1.82, 2.24) is 0 Å². The van der Waals surface area contributed by atoms with Crippen molar-refractivity contribution in [3.63, 3.8) is 0 Å². The summed E-state index contributed by atoms with van der Waals surface area (Å²) in [4.78, 5) is 0. The summed E-state index contributed by atoms with van der Waals surface area (Å²) in [5.41, 5.74) is 8.92. The molecule has 0 aromatic heterocycles. The molecule has 0 saturated heterocycles. The second-order valence-electron chi connectivity index (χ2n) is 3.03. The molecule has 0 fully saturated rings. The minimum Gasteiger partial charge on any atom is -0.508 e. The van der Waals surface area contributed by atoms with Crippen LogP contribution in [0.2, 0.25) is 0 Å². The number of anilines is 1. The van der Waals surface area contributed by atoms with Gasteiger partial charge in [-0.2, -0.15) is 0 Å². The highest BCUT2D eigenvalue weighted by Crippen LogP contribution is 2.30. The van der Waals surface area contributed by atoms with Gasteiger partial charge in [0.1, 0.15) is 5.75 Å². The molecule has 11 heavy (non-hydrogen) atoms. The van der Waals surface area contributed by atoms with Gasteiger partial charge in [0, 0.05) is 11.8 Å². The number of fused-ring (bicyclic) bond motifs is 1. The number of phenolic OH excluding ortho intramolecular Hbond substituents is 1. The molecule has 2 rings (SSSR count). The molecule has 1 aliphatic rings. The van der Waals surface area contributed by atoms with Crippen LogP contribution in [0.25, 0.3) is 0 Å². The van der Waals surface area contributed by atoms with Crippen LogP contribution >= 0.6 is 0 Å². The lowest BCUT2D eigenvalue weighted by Crippen LogP contribution is -1.92. The molecule has 1 aliphatic carbocycles. The normalized spacial score (nSPS) is 14.9. The summed E-state index contributed by atoms with van der Waals surface area (Å²) in [6, 6.07) is 3.45. The van der Waals surface area contributed by atoms with Crippen molar-refractivity contribution in [2.75, 3.05) is 5.73 Å². The summed E-state index contributed by atoms with van der Waals surface area (Å²) in [5.74, 6) is 0.295. The van der Waals surface area contributed by atoms with Gasteiger partial charge in [-0.25, -0.2) is 0 Å². The van der Waals surface area contributed by atoms with Gasteiger partial charge in [0.05, 0.1) is 0 Å². The van der Waals surface area contributed by atoms with Crippen LogP contribution in [0.3, 0.4) is 0 Å². The third kappa shape index (κ3) is 0.946. The molecule has 1 aromatic carbocycles. The number of phenols is 1. The maximum absolute atomic E-state index is 9.20. The summed E-state index contributed by atoms with van der Waals surface area (Å²) in [6.07, 6.45) is 3.30. The summed E-state index contributed by atoms with van der Waals surface area (Å²) in [6.45, 7) is 0. The predicted molar refractivity (Wildman–Crippen MR) is 44.5 cm³/mol. The van der Waals surface area contributed by atoms with Crippen molar-refractivity contribution < 1.29 is 5.11 Å². The third-order valence-corrected chi connectivity index (χ3v) is 2.23. The highest BCUT2D eigenvalue weighted by atomic mass is 16.3. The number of rotatable bonds is 0. The van der Waals surface area contributed by atoms with E-state index in [2.05, 4.69) is 0 Å². The number of nitrogens with two attached hydrogens (primary N) is 1. The molecule has 3 N–H and O–H groups in total. The Bertz CT molecular complexity index is 294. The van der Waals surface area contributed by atoms with Gasteiger partial charge in [0.2, 0.25) is 0 Å². The van der Waals surface area contributed by atoms with Crippen molar-refractivity contribution in [2.45, 2.75) is 19.3 Å². The van der Waals surface area contributed by atoms with Crippen LogP contribution in [0.15, 0.2) is 12.1 Å². The molecule has 1 aromatic rings. The van der Waals surface area contributed by atoms with E-state index in [0.717, 1.165) is 18.5 Å². The van der Waals surface area contributed by atoms with E-state index in [4.69, 9.17) is 5.73 Å². The largest absolute Gasteiger partial charge is 0.508 e. The van der Waals surface area contributed by atoms with Crippen LogP contribution in [-0.4, -0.2) is 5.11 Å². The molecule has 2 heteroatoms. The van der Waals surface area contributed by atoms with Gasteiger partial charge in [-0.05, 0) is 36.5 Å². The Balaban J connectivity index is 2.60. The van der Waals surface area contributed by atoms with E-state index >= 15 is 0 Å². The molecule has 0 radical (unpaired) electrons. The summed E-state index contributed by atoms with van der Waals surface area (Å²) < 4.78 is 0. The Morgan fingerprint density at radius 3 is 2.91 bits per heavy atom. The number of hydrogen-bond donors (Lipinski definition) is 2. The molecule has 0 heterocycles. The van der Waals surface area contributed by atoms with Crippen molar-refractivity contribution in [2.24, 2.45) is 0 Å². The maximum atomic E-state index is 9.20. The van der Waals surface area contributed by atoms with E-state index in [1.54, 1.807) is 6.07 Å². The van der Waals surface area contributed by atoms with Gasteiger partial charge in [-0.3, -0.25) is 0 Å². The smallest absolute Gasteiger partial charge is 0.117 e. The van der Waals surface area contributed by atoms with Gasteiger partial charge in [-0.15, -0.1) is 0 Å². The molecule has 2 nitrogen and oxygen atoms in total. The standard InChI is InChI=1S/C9H11NO/c10-9-5-7(11)4-6-2-1-3-8(6)9/h4-5,11H,1-3,10H2. The molecular formula is C9H11NO. The zero-order chi connectivity index (χ0) is 7.84. The first-order chi connectivity index (χ1) is 5.27. The predicted octanol–water partition coefficient (Wildman–Crippen LogP) is 1.46. The van der Waals surface area contributed by atoms with Gasteiger partial charge >= 0.3 is 0 Å². The lowest BCUT2D eigenvalue weighted by molar-refractivity contribution is 0.475. The van der Waals surface area contributed by atoms with Crippen molar-refractivity contribution >= 4 is 5.69 Å². The number of aryl methyl sites for hydroxylation is 1. The Hall–Kier alpha value is -1.18. The lowest BCUT2D eigenvalue weighted by atomic mass is 10.1.